The van der Waals surface area contributed by atoms with Crippen LogP contribution in [-0.2, 0) is 16.6 Å². The molecule has 1 rings (SSSR count). The molecule has 0 radical (unpaired) electrons. The van der Waals surface area contributed by atoms with Gasteiger partial charge in [0.15, 0.2) is 0 Å². The molecule has 0 aromatic carbocycles. The zero-order valence-corrected chi connectivity index (χ0v) is 11.4. The lowest BCUT2D eigenvalue weighted by atomic mass is 10.2. The van der Waals surface area contributed by atoms with Crippen LogP contribution < -0.4 is 0 Å². The molecule has 0 fully saturated rings. The Labute approximate surface area is 112 Å². The predicted octanol–water partition coefficient (Wildman–Crippen LogP) is 1.14. The number of amides is 1. The van der Waals surface area contributed by atoms with Crippen molar-refractivity contribution >= 4 is 18.0 Å². The standard InChI is InChI=1S/C13H19N3O3/c1-10(2)16(9-7-13(18)19)12(17)5-4-11-6-8-14-15(11)3/h4-6,8,10H,7,9H2,1-3H3,(H,18,19)/b5-4+. The topological polar surface area (TPSA) is 75.4 Å². The molecule has 6 nitrogen and oxygen atoms in total. The molecule has 0 saturated carbocycles. The number of aryl methyl sites for hydroxylation is 1. The van der Waals surface area contributed by atoms with Crippen molar-refractivity contribution < 1.29 is 14.7 Å². The summed E-state index contributed by atoms with van der Waals surface area (Å²) in [5, 5.41) is 12.7. The molecule has 1 amide bonds. The number of carboxylic acids is 1. The minimum Gasteiger partial charge on any atom is -0.481 e. The molecule has 1 aromatic rings. The SMILES string of the molecule is CC(C)N(CCC(=O)O)C(=O)/C=C/c1ccnn1C. The number of rotatable bonds is 6. The molecule has 0 spiro atoms. The average Bonchev–Trinajstić information content (AvgIpc) is 2.71. The third-order valence-corrected chi connectivity index (χ3v) is 2.73. The number of nitrogens with zero attached hydrogens (tertiary/aromatic N) is 3. The number of aromatic nitrogens is 2. The summed E-state index contributed by atoms with van der Waals surface area (Å²) in [6, 6.07) is 1.75. The molecule has 0 aliphatic carbocycles. The number of carbonyl (C=O) groups excluding carboxylic acids is 1. The van der Waals surface area contributed by atoms with E-state index in [9.17, 15) is 9.59 Å². The summed E-state index contributed by atoms with van der Waals surface area (Å²) in [5.74, 6) is -1.11. The third-order valence-electron chi connectivity index (χ3n) is 2.73. The Morgan fingerprint density at radius 3 is 2.68 bits per heavy atom. The summed E-state index contributed by atoms with van der Waals surface area (Å²) in [7, 11) is 1.79. The van der Waals surface area contributed by atoms with E-state index in [1.54, 1.807) is 30.1 Å². The molecule has 0 bridgehead atoms. The van der Waals surface area contributed by atoms with E-state index in [0.717, 1.165) is 5.69 Å². The van der Waals surface area contributed by atoms with Gasteiger partial charge in [0.1, 0.15) is 0 Å². The summed E-state index contributed by atoms with van der Waals surface area (Å²) < 4.78 is 1.65. The second-order valence-electron chi connectivity index (χ2n) is 4.48. The van der Waals surface area contributed by atoms with Gasteiger partial charge in [-0.25, -0.2) is 0 Å². The summed E-state index contributed by atoms with van der Waals surface area (Å²) in [6.45, 7) is 3.93. The van der Waals surface area contributed by atoms with Crippen molar-refractivity contribution in [3.63, 3.8) is 0 Å². The maximum absolute atomic E-state index is 12.0. The fourth-order valence-electron chi connectivity index (χ4n) is 1.64. The van der Waals surface area contributed by atoms with Gasteiger partial charge in [0.25, 0.3) is 0 Å². The highest BCUT2D eigenvalue weighted by molar-refractivity contribution is 5.91. The number of aliphatic carboxylic acids is 1. The molecular formula is C13H19N3O3. The summed E-state index contributed by atoms with van der Waals surface area (Å²) >= 11 is 0. The lowest BCUT2D eigenvalue weighted by Gasteiger charge is -2.24. The predicted molar refractivity (Wildman–Crippen MR) is 71.3 cm³/mol. The normalized spacial score (nSPS) is 11.2. The van der Waals surface area contributed by atoms with Gasteiger partial charge in [-0.15, -0.1) is 0 Å². The van der Waals surface area contributed by atoms with Crippen LogP contribution in [0.3, 0.4) is 0 Å². The molecule has 1 heterocycles. The molecule has 0 saturated heterocycles. The Morgan fingerprint density at radius 1 is 1.53 bits per heavy atom. The fourth-order valence-corrected chi connectivity index (χ4v) is 1.64. The molecule has 0 aliphatic rings. The second-order valence-corrected chi connectivity index (χ2v) is 4.48. The van der Waals surface area contributed by atoms with Crippen LogP contribution >= 0.6 is 0 Å². The second kappa shape index (κ2) is 6.72. The Balaban J connectivity index is 2.69. The van der Waals surface area contributed by atoms with Gasteiger partial charge >= 0.3 is 5.97 Å². The first-order valence-electron chi connectivity index (χ1n) is 6.10. The van der Waals surface area contributed by atoms with Gasteiger partial charge < -0.3 is 10.0 Å². The smallest absolute Gasteiger partial charge is 0.305 e. The Hall–Kier alpha value is -2.11. The minimum atomic E-state index is -0.908. The van der Waals surface area contributed by atoms with Gasteiger partial charge in [-0.05, 0) is 26.0 Å². The van der Waals surface area contributed by atoms with E-state index in [1.165, 1.54) is 11.0 Å². The van der Waals surface area contributed by atoms with E-state index in [4.69, 9.17) is 5.11 Å². The number of hydrogen-bond acceptors (Lipinski definition) is 3. The van der Waals surface area contributed by atoms with Gasteiger partial charge in [-0.1, -0.05) is 0 Å². The first-order chi connectivity index (χ1) is 8.91. The van der Waals surface area contributed by atoms with Crippen LogP contribution in [0.25, 0.3) is 6.08 Å². The highest BCUT2D eigenvalue weighted by atomic mass is 16.4. The molecule has 1 N–H and O–H groups in total. The quantitative estimate of drug-likeness (QED) is 0.783. The molecule has 6 heteroatoms. The molecule has 0 unspecified atom stereocenters. The maximum Gasteiger partial charge on any atom is 0.305 e. The molecular weight excluding hydrogens is 246 g/mol. The summed E-state index contributed by atoms with van der Waals surface area (Å²) in [5.41, 5.74) is 0.815. The lowest BCUT2D eigenvalue weighted by molar-refractivity contribution is -0.138. The molecule has 104 valence electrons. The molecule has 0 atom stereocenters. The Bertz CT molecular complexity index is 477. The largest absolute Gasteiger partial charge is 0.481 e. The van der Waals surface area contributed by atoms with Crippen molar-refractivity contribution in [1.82, 2.24) is 14.7 Å². The van der Waals surface area contributed by atoms with Crippen LogP contribution in [0.2, 0.25) is 0 Å². The van der Waals surface area contributed by atoms with Crippen LogP contribution in [0.1, 0.15) is 26.0 Å². The highest BCUT2D eigenvalue weighted by Gasteiger charge is 2.15. The third kappa shape index (κ3) is 4.57. The van der Waals surface area contributed by atoms with Gasteiger partial charge in [-0.2, -0.15) is 5.10 Å². The van der Waals surface area contributed by atoms with Crippen LogP contribution in [0.15, 0.2) is 18.3 Å². The number of carboxylic acid groups (broad SMARTS) is 1. The summed E-state index contributed by atoms with van der Waals surface area (Å²) in [6.07, 6.45) is 4.71. The lowest BCUT2D eigenvalue weighted by Crippen LogP contribution is -2.37. The van der Waals surface area contributed by atoms with Gasteiger partial charge in [0, 0.05) is 31.9 Å². The van der Waals surface area contributed by atoms with E-state index in [0.29, 0.717) is 0 Å². The highest BCUT2D eigenvalue weighted by Crippen LogP contribution is 2.05. The van der Waals surface area contributed by atoms with Crippen molar-refractivity contribution in [2.75, 3.05) is 6.54 Å². The van der Waals surface area contributed by atoms with Crippen LogP contribution in [-0.4, -0.2) is 44.3 Å². The van der Waals surface area contributed by atoms with Gasteiger partial charge in [-0.3, -0.25) is 14.3 Å². The van der Waals surface area contributed by atoms with Crippen molar-refractivity contribution in [3.8, 4) is 0 Å². The van der Waals surface area contributed by atoms with Crippen molar-refractivity contribution in [2.45, 2.75) is 26.3 Å². The number of hydrogen-bond donors (Lipinski definition) is 1. The van der Waals surface area contributed by atoms with Crippen molar-refractivity contribution in [3.05, 3.63) is 24.0 Å². The first-order valence-corrected chi connectivity index (χ1v) is 6.10. The fraction of sp³-hybridized carbons (Fsp3) is 0.462. The van der Waals surface area contributed by atoms with Crippen LogP contribution in [0.4, 0.5) is 0 Å². The van der Waals surface area contributed by atoms with Crippen LogP contribution in [0.5, 0.6) is 0 Å². The zero-order valence-electron chi connectivity index (χ0n) is 11.4. The van der Waals surface area contributed by atoms with E-state index >= 15 is 0 Å². The number of carbonyl (C=O) groups is 2. The monoisotopic (exact) mass is 265 g/mol. The maximum atomic E-state index is 12.0. The van der Waals surface area contributed by atoms with E-state index in [2.05, 4.69) is 5.10 Å². The van der Waals surface area contributed by atoms with Gasteiger partial charge in [0.05, 0.1) is 12.1 Å². The van der Waals surface area contributed by atoms with E-state index in [1.807, 2.05) is 13.8 Å². The van der Waals surface area contributed by atoms with Gasteiger partial charge in [0.2, 0.25) is 5.91 Å². The van der Waals surface area contributed by atoms with E-state index in [-0.39, 0.29) is 24.9 Å². The Kier molecular flexibility index (Phi) is 5.29. The van der Waals surface area contributed by atoms with Crippen molar-refractivity contribution in [1.29, 1.82) is 0 Å². The minimum absolute atomic E-state index is 0.0389. The first kappa shape index (κ1) is 14.9. The zero-order chi connectivity index (χ0) is 14.4. The summed E-state index contributed by atoms with van der Waals surface area (Å²) in [4.78, 5) is 24.1. The van der Waals surface area contributed by atoms with Crippen molar-refractivity contribution in [2.24, 2.45) is 7.05 Å². The van der Waals surface area contributed by atoms with Crippen LogP contribution in [0, 0.1) is 0 Å². The molecule has 1 aromatic heterocycles. The molecule has 19 heavy (non-hydrogen) atoms. The Morgan fingerprint density at radius 2 is 2.21 bits per heavy atom. The molecule has 0 aliphatic heterocycles. The van der Waals surface area contributed by atoms with E-state index < -0.39 is 5.97 Å². The average molecular weight is 265 g/mol.